The summed E-state index contributed by atoms with van der Waals surface area (Å²) in [4.78, 5) is 22.9. The molecule has 0 saturated carbocycles. The smallest absolute Gasteiger partial charge is 0.249 e. The Balaban J connectivity index is 1.91. The molecule has 21 heavy (non-hydrogen) atoms. The van der Waals surface area contributed by atoms with Crippen LogP contribution in [0.2, 0.25) is 0 Å². The van der Waals surface area contributed by atoms with Crippen molar-refractivity contribution in [1.29, 1.82) is 0 Å². The monoisotopic (exact) mass is 279 g/mol. The second-order valence-electron chi connectivity index (χ2n) is 4.72. The van der Waals surface area contributed by atoms with Crippen molar-refractivity contribution < 1.29 is 4.74 Å². The molecule has 0 spiro atoms. The first-order valence-electron chi connectivity index (χ1n) is 6.53. The van der Waals surface area contributed by atoms with E-state index in [0.29, 0.717) is 17.9 Å². The third-order valence-corrected chi connectivity index (χ3v) is 3.34. The Kier molecular flexibility index (Phi) is 3.28. The molecule has 0 aliphatic rings. The van der Waals surface area contributed by atoms with Crippen LogP contribution in [0.1, 0.15) is 5.56 Å². The van der Waals surface area contributed by atoms with Gasteiger partial charge in [-0.2, -0.15) is 0 Å². The number of rotatable bonds is 4. The Hall–Kier alpha value is -2.88. The summed E-state index contributed by atoms with van der Waals surface area (Å²) in [5.41, 5.74) is 6.29. The number of ether oxygens (including phenoxy) is 1. The van der Waals surface area contributed by atoms with Crippen molar-refractivity contribution >= 4 is 5.69 Å². The van der Waals surface area contributed by atoms with E-state index in [1.165, 1.54) is 0 Å². The SMILES string of the molecule is Nc1c(-c2ccccc2OCc2ccccc2)c(=O)c1=O. The quantitative estimate of drug-likeness (QED) is 0.743. The van der Waals surface area contributed by atoms with Crippen LogP contribution in [0.5, 0.6) is 5.75 Å². The van der Waals surface area contributed by atoms with Crippen LogP contribution in [0.15, 0.2) is 64.2 Å². The lowest BCUT2D eigenvalue weighted by molar-refractivity contribution is 0.307. The summed E-state index contributed by atoms with van der Waals surface area (Å²) < 4.78 is 5.76. The molecule has 0 aromatic heterocycles. The van der Waals surface area contributed by atoms with Gasteiger partial charge in [0.1, 0.15) is 12.4 Å². The van der Waals surface area contributed by atoms with Crippen LogP contribution in [0.3, 0.4) is 0 Å². The van der Waals surface area contributed by atoms with Crippen LogP contribution < -0.4 is 21.3 Å². The number of para-hydroxylation sites is 1. The zero-order valence-electron chi connectivity index (χ0n) is 11.2. The molecule has 0 bridgehead atoms. The molecular weight excluding hydrogens is 266 g/mol. The van der Waals surface area contributed by atoms with Gasteiger partial charge in [-0.25, -0.2) is 0 Å². The van der Waals surface area contributed by atoms with Gasteiger partial charge in [-0.05, 0) is 11.6 Å². The first-order chi connectivity index (χ1) is 10.2. The Morgan fingerprint density at radius 2 is 1.52 bits per heavy atom. The Labute approximate surface area is 121 Å². The zero-order valence-corrected chi connectivity index (χ0v) is 11.2. The molecule has 0 radical (unpaired) electrons. The maximum Gasteiger partial charge on any atom is 0.249 e. The van der Waals surface area contributed by atoms with E-state index >= 15 is 0 Å². The fraction of sp³-hybridized carbons (Fsp3) is 0.0588. The molecule has 0 aliphatic heterocycles. The van der Waals surface area contributed by atoms with Crippen LogP contribution in [0, 0.1) is 0 Å². The van der Waals surface area contributed by atoms with Crippen molar-refractivity contribution in [2.24, 2.45) is 0 Å². The van der Waals surface area contributed by atoms with Gasteiger partial charge in [-0.3, -0.25) is 9.59 Å². The average Bonchev–Trinajstić information content (AvgIpc) is 2.55. The van der Waals surface area contributed by atoms with E-state index in [0.717, 1.165) is 5.56 Å². The third-order valence-electron chi connectivity index (χ3n) is 3.34. The zero-order chi connectivity index (χ0) is 14.8. The van der Waals surface area contributed by atoms with Crippen molar-refractivity contribution in [2.45, 2.75) is 6.61 Å². The fourth-order valence-electron chi connectivity index (χ4n) is 2.21. The predicted octanol–water partition coefficient (Wildman–Crippen LogP) is 2.11. The normalized spacial score (nSPS) is 10.7. The topological polar surface area (TPSA) is 69.4 Å². The highest BCUT2D eigenvalue weighted by Crippen LogP contribution is 2.31. The number of nitrogen functional groups attached to an aromatic ring is 1. The van der Waals surface area contributed by atoms with Gasteiger partial charge in [0.15, 0.2) is 0 Å². The summed E-state index contributed by atoms with van der Waals surface area (Å²) >= 11 is 0. The van der Waals surface area contributed by atoms with Crippen molar-refractivity contribution in [1.82, 2.24) is 0 Å². The number of nitrogens with two attached hydrogens (primary N) is 1. The van der Waals surface area contributed by atoms with Gasteiger partial charge < -0.3 is 10.5 Å². The Morgan fingerprint density at radius 3 is 2.24 bits per heavy atom. The summed E-state index contributed by atoms with van der Waals surface area (Å²) in [7, 11) is 0. The molecule has 0 heterocycles. The molecule has 0 fully saturated rings. The van der Waals surface area contributed by atoms with E-state index in [2.05, 4.69) is 0 Å². The molecule has 0 saturated heterocycles. The van der Waals surface area contributed by atoms with Crippen molar-refractivity contribution in [2.75, 3.05) is 5.73 Å². The van der Waals surface area contributed by atoms with E-state index in [1.54, 1.807) is 18.2 Å². The van der Waals surface area contributed by atoms with E-state index < -0.39 is 10.9 Å². The first-order valence-corrected chi connectivity index (χ1v) is 6.53. The van der Waals surface area contributed by atoms with E-state index in [9.17, 15) is 9.59 Å². The Morgan fingerprint density at radius 1 is 0.857 bits per heavy atom. The molecule has 2 N–H and O–H groups in total. The molecule has 0 unspecified atom stereocenters. The molecule has 3 aromatic rings. The summed E-state index contributed by atoms with van der Waals surface area (Å²) in [5, 5.41) is 0. The highest BCUT2D eigenvalue weighted by atomic mass is 16.5. The summed E-state index contributed by atoms with van der Waals surface area (Å²) in [6.45, 7) is 0.382. The van der Waals surface area contributed by atoms with Gasteiger partial charge in [0.25, 0.3) is 0 Å². The molecule has 0 atom stereocenters. The maximum atomic E-state index is 11.7. The van der Waals surface area contributed by atoms with E-state index in [4.69, 9.17) is 10.5 Å². The van der Waals surface area contributed by atoms with Gasteiger partial charge in [0.05, 0.1) is 11.3 Å². The largest absolute Gasteiger partial charge is 0.488 e. The predicted molar refractivity (Wildman–Crippen MR) is 82.0 cm³/mol. The standard InChI is InChI=1S/C17H13NO3/c18-15-14(16(19)17(15)20)12-8-4-5-9-13(12)21-10-11-6-2-1-3-7-11/h1-9H,10,18H2. The van der Waals surface area contributed by atoms with Gasteiger partial charge in [0.2, 0.25) is 10.9 Å². The summed E-state index contributed by atoms with van der Waals surface area (Å²) in [6, 6.07) is 16.8. The molecule has 0 amide bonds. The molecule has 3 aromatic carbocycles. The van der Waals surface area contributed by atoms with Crippen LogP contribution in [0.4, 0.5) is 5.69 Å². The minimum absolute atomic E-state index is 0.00996. The van der Waals surface area contributed by atoms with E-state index in [-0.39, 0.29) is 11.3 Å². The highest BCUT2D eigenvalue weighted by molar-refractivity contribution is 5.83. The minimum Gasteiger partial charge on any atom is -0.488 e. The number of hydrogen-bond acceptors (Lipinski definition) is 4. The van der Waals surface area contributed by atoms with Crippen molar-refractivity contribution in [3.8, 4) is 16.9 Å². The first kappa shape index (κ1) is 13.1. The van der Waals surface area contributed by atoms with Crippen LogP contribution in [-0.4, -0.2) is 0 Å². The number of anilines is 1. The van der Waals surface area contributed by atoms with Crippen LogP contribution in [0.25, 0.3) is 11.1 Å². The molecule has 104 valence electrons. The lowest BCUT2D eigenvalue weighted by Crippen LogP contribution is -2.35. The number of benzene rings is 2. The lowest BCUT2D eigenvalue weighted by Gasteiger charge is -2.13. The fourth-order valence-corrected chi connectivity index (χ4v) is 2.21. The highest BCUT2D eigenvalue weighted by Gasteiger charge is 2.22. The molecule has 0 aliphatic carbocycles. The van der Waals surface area contributed by atoms with Gasteiger partial charge in [0, 0.05) is 5.56 Å². The lowest BCUT2D eigenvalue weighted by atomic mass is 9.98. The van der Waals surface area contributed by atoms with Crippen molar-refractivity contribution in [3.05, 3.63) is 80.6 Å². The molecule has 4 heteroatoms. The summed E-state index contributed by atoms with van der Waals surface area (Å²) in [6.07, 6.45) is 0. The molecular formula is C17H13NO3. The van der Waals surface area contributed by atoms with Gasteiger partial charge >= 0.3 is 0 Å². The van der Waals surface area contributed by atoms with Gasteiger partial charge in [-0.15, -0.1) is 0 Å². The minimum atomic E-state index is -0.622. The second-order valence-corrected chi connectivity index (χ2v) is 4.72. The number of hydrogen-bond donors (Lipinski definition) is 1. The average molecular weight is 279 g/mol. The van der Waals surface area contributed by atoms with Crippen LogP contribution in [-0.2, 0) is 6.61 Å². The second kappa shape index (κ2) is 5.25. The van der Waals surface area contributed by atoms with Gasteiger partial charge in [-0.1, -0.05) is 48.5 Å². The maximum absolute atomic E-state index is 11.7. The molecule has 3 rings (SSSR count). The van der Waals surface area contributed by atoms with E-state index in [1.807, 2.05) is 36.4 Å². The van der Waals surface area contributed by atoms with Crippen LogP contribution >= 0.6 is 0 Å². The Bertz CT molecular complexity index is 846. The summed E-state index contributed by atoms with van der Waals surface area (Å²) in [5.74, 6) is 0.542. The molecule has 4 nitrogen and oxygen atoms in total. The van der Waals surface area contributed by atoms with Crippen molar-refractivity contribution in [3.63, 3.8) is 0 Å². The third kappa shape index (κ3) is 2.31.